The minimum Gasteiger partial charge on any atom is -0.481 e. The zero-order valence-corrected chi connectivity index (χ0v) is 18.7. The number of nitrogens with one attached hydrogen (secondary N) is 1. The first kappa shape index (κ1) is 23.6. The molecular weight excluding hydrogens is 408 g/mol. The van der Waals surface area contributed by atoms with E-state index in [4.69, 9.17) is 9.72 Å². The smallest absolute Gasteiger partial charge is 0.316 e. The lowest BCUT2D eigenvalue weighted by atomic mass is 9.91. The van der Waals surface area contributed by atoms with Gasteiger partial charge < -0.3 is 15.2 Å². The number of ether oxygens (including phenoxy) is 1. The van der Waals surface area contributed by atoms with Crippen molar-refractivity contribution in [3.8, 4) is 6.01 Å². The Morgan fingerprint density at radius 2 is 1.97 bits per heavy atom. The second-order valence-electron chi connectivity index (χ2n) is 8.17. The second-order valence-corrected chi connectivity index (χ2v) is 8.17. The van der Waals surface area contributed by atoms with Crippen molar-refractivity contribution in [3.05, 3.63) is 41.3 Å². The van der Waals surface area contributed by atoms with Crippen LogP contribution in [0, 0.1) is 0 Å². The Morgan fingerprint density at radius 3 is 2.72 bits per heavy atom. The van der Waals surface area contributed by atoms with Gasteiger partial charge in [0.1, 0.15) is 11.6 Å². The molecule has 172 valence electrons. The van der Waals surface area contributed by atoms with E-state index in [0.29, 0.717) is 18.6 Å². The number of carboxylic acid groups (broad SMARTS) is 1. The maximum atomic E-state index is 12.5. The third kappa shape index (κ3) is 7.28. The van der Waals surface area contributed by atoms with Crippen molar-refractivity contribution in [1.82, 2.24) is 15.0 Å². The molecule has 2 N–H and O–H groups in total. The Bertz CT molecular complexity index is 901. The number of carbonyl (C=O) groups excluding carboxylic acids is 1. The van der Waals surface area contributed by atoms with Gasteiger partial charge in [-0.05, 0) is 62.6 Å². The molecule has 32 heavy (non-hydrogen) atoms. The van der Waals surface area contributed by atoms with Gasteiger partial charge in [-0.1, -0.05) is 6.07 Å². The fourth-order valence-corrected chi connectivity index (χ4v) is 3.93. The number of anilines is 1. The summed E-state index contributed by atoms with van der Waals surface area (Å²) in [4.78, 5) is 36.8. The van der Waals surface area contributed by atoms with Crippen molar-refractivity contribution in [1.29, 1.82) is 0 Å². The Kier molecular flexibility index (Phi) is 8.95. The number of hydrogen-bond acceptors (Lipinski definition) is 7. The van der Waals surface area contributed by atoms with Crippen molar-refractivity contribution in [3.63, 3.8) is 0 Å². The third-order valence-electron chi connectivity index (χ3n) is 5.63. The van der Waals surface area contributed by atoms with E-state index in [-0.39, 0.29) is 24.6 Å². The molecule has 0 bridgehead atoms. The quantitative estimate of drug-likeness (QED) is 0.477. The predicted octanol–water partition coefficient (Wildman–Crippen LogP) is 3.95. The summed E-state index contributed by atoms with van der Waals surface area (Å²) in [5.41, 5.74) is 2.97. The molecule has 0 fully saturated rings. The number of ketones is 1. The molecule has 1 aliphatic heterocycles. The monoisotopic (exact) mass is 440 g/mol. The van der Waals surface area contributed by atoms with Crippen LogP contribution in [0.2, 0.25) is 0 Å². The first-order chi connectivity index (χ1) is 15.5. The first-order valence-electron chi connectivity index (χ1n) is 11.5. The summed E-state index contributed by atoms with van der Waals surface area (Å²) < 4.78 is 5.23. The highest BCUT2D eigenvalue weighted by atomic mass is 16.5. The maximum absolute atomic E-state index is 12.5. The highest BCUT2D eigenvalue weighted by Crippen LogP contribution is 2.25. The van der Waals surface area contributed by atoms with E-state index >= 15 is 0 Å². The van der Waals surface area contributed by atoms with Gasteiger partial charge in [-0.3, -0.25) is 9.59 Å². The average Bonchev–Trinajstić information content (AvgIpc) is 3.02. The van der Waals surface area contributed by atoms with Crippen LogP contribution in [0.1, 0.15) is 74.6 Å². The topological polar surface area (TPSA) is 114 Å². The number of aryl methyl sites for hydroxylation is 2. The molecule has 0 saturated heterocycles. The van der Waals surface area contributed by atoms with E-state index in [2.05, 4.69) is 27.4 Å². The number of Topliss-reactive ketones (excluding diaryl/α,β-unsaturated/α-hetero) is 1. The largest absolute Gasteiger partial charge is 0.481 e. The van der Waals surface area contributed by atoms with E-state index in [1.807, 2.05) is 6.92 Å². The molecule has 0 radical (unpaired) electrons. The molecule has 2 aromatic heterocycles. The number of aliphatic carboxylic acids is 1. The Balaban J connectivity index is 1.47. The first-order valence-corrected chi connectivity index (χ1v) is 11.5. The molecule has 8 nitrogen and oxygen atoms in total. The van der Waals surface area contributed by atoms with E-state index < -0.39 is 11.9 Å². The van der Waals surface area contributed by atoms with Crippen molar-refractivity contribution in [2.45, 2.75) is 70.6 Å². The molecule has 1 unspecified atom stereocenters. The Hall–Kier alpha value is -3.03. The number of pyridine rings is 1. The minimum atomic E-state index is -0.945. The number of aromatic nitrogens is 3. The van der Waals surface area contributed by atoms with Crippen LogP contribution in [0.3, 0.4) is 0 Å². The van der Waals surface area contributed by atoms with Gasteiger partial charge in [-0.25, -0.2) is 15.0 Å². The van der Waals surface area contributed by atoms with Crippen molar-refractivity contribution in [2.75, 3.05) is 18.5 Å². The Labute approximate surface area is 188 Å². The molecule has 0 saturated carbocycles. The lowest BCUT2D eigenvalue weighted by Crippen LogP contribution is -2.13. The van der Waals surface area contributed by atoms with Crippen LogP contribution in [0.5, 0.6) is 6.01 Å². The molecular formula is C24H32N4O4. The second kappa shape index (κ2) is 12.1. The van der Waals surface area contributed by atoms with Crippen LogP contribution in [0.15, 0.2) is 24.5 Å². The molecule has 3 rings (SSSR count). The molecule has 2 aromatic rings. The fraction of sp³-hybridized carbons (Fsp3) is 0.542. The number of rotatable bonds is 12. The highest BCUT2D eigenvalue weighted by Gasteiger charge is 2.20. The van der Waals surface area contributed by atoms with E-state index in [1.54, 1.807) is 12.4 Å². The van der Waals surface area contributed by atoms with Gasteiger partial charge >= 0.3 is 12.0 Å². The van der Waals surface area contributed by atoms with E-state index in [9.17, 15) is 14.7 Å². The van der Waals surface area contributed by atoms with Crippen LogP contribution in [-0.2, 0) is 22.4 Å². The van der Waals surface area contributed by atoms with E-state index in [0.717, 1.165) is 43.7 Å². The molecule has 0 spiro atoms. The molecule has 1 aliphatic rings. The zero-order valence-electron chi connectivity index (χ0n) is 18.7. The highest BCUT2D eigenvalue weighted by molar-refractivity contribution is 5.80. The van der Waals surface area contributed by atoms with Crippen LogP contribution in [0.25, 0.3) is 0 Å². The van der Waals surface area contributed by atoms with Crippen LogP contribution in [0.4, 0.5) is 5.82 Å². The Morgan fingerprint density at radius 1 is 1.16 bits per heavy atom. The summed E-state index contributed by atoms with van der Waals surface area (Å²) in [6.07, 6.45) is 9.45. The standard InChI is InChI=1S/C24H32N4O4/c1-2-32-24-26-15-19(16-27-24)18(14-22(30)31)13-21(29)9-4-3-8-20-11-10-17-7-5-6-12-25-23(17)28-20/h10-11,15-16,18H,2-9,12-14H2,1H3,(H,25,28)(H,30,31). The lowest BCUT2D eigenvalue weighted by molar-refractivity contribution is -0.137. The summed E-state index contributed by atoms with van der Waals surface area (Å²) in [5.74, 6) is -0.320. The molecule has 3 heterocycles. The fourth-order valence-electron chi connectivity index (χ4n) is 3.93. The predicted molar refractivity (Wildman–Crippen MR) is 121 cm³/mol. The summed E-state index contributed by atoms with van der Waals surface area (Å²) in [5, 5.41) is 12.7. The maximum Gasteiger partial charge on any atom is 0.316 e. The third-order valence-corrected chi connectivity index (χ3v) is 5.63. The van der Waals surface area contributed by atoms with Crippen molar-refractivity contribution in [2.24, 2.45) is 0 Å². The molecule has 0 aliphatic carbocycles. The van der Waals surface area contributed by atoms with E-state index in [1.165, 1.54) is 18.4 Å². The van der Waals surface area contributed by atoms with Gasteiger partial charge in [0.25, 0.3) is 0 Å². The minimum absolute atomic E-state index is 0.0571. The van der Waals surface area contributed by atoms with Crippen LogP contribution < -0.4 is 10.1 Å². The lowest BCUT2D eigenvalue weighted by Gasteiger charge is -2.14. The average molecular weight is 441 g/mol. The SMILES string of the molecule is CCOc1ncc(C(CC(=O)O)CC(=O)CCCCc2ccc3c(n2)NCCCC3)cn1. The summed E-state index contributed by atoms with van der Waals surface area (Å²) in [6.45, 7) is 3.26. The van der Waals surface area contributed by atoms with Crippen LogP contribution >= 0.6 is 0 Å². The summed E-state index contributed by atoms with van der Waals surface area (Å²) >= 11 is 0. The number of fused-ring (bicyclic) bond motifs is 1. The molecule has 8 heteroatoms. The summed E-state index contributed by atoms with van der Waals surface area (Å²) in [6, 6.07) is 4.50. The van der Waals surface area contributed by atoms with Gasteiger partial charge in [0.05, 0.1) is 13.0 Å². The van der Waals surface area contributed by atoms with Gasteiger partial charge in [-0.15, -0.1) is 0 Å². The number of hydrogen-bond donors (Lipinski definition) is 2. The van der Waals surface area contributed by atoms with Crippen molar-refractivity contribution >= 4 is 17.6 Å². The zero-order chi connectivity index (χ0) is 22.8. The van der Waals surface area contributed by atoms with Crippen molar-refractivity contribution < 1.29 is 19.4 Å². The number of nitrogens with zero attached hydrogens (tertiary/aromatic N) is 3. The van der Waals surface area contributed by atoms with Crippen LogP contribution in [-0.4, -0.2) is 45.0 Å². The summed E-state index contributed by atoms with van der Waals surface area (Å²) in [7, 11) is 0. The molecule has 1 atom stereocenters. The van der Waals surface area contributed by atoms with Gasteiger partial charge in [0.15, 0.2) is 0 Å². The number of unbranched alkanes of at least 4 members (excludes halogenated alkanes) is 1. The van der Waals surface area contributed by atoms with Gasteiger partial charge in [-0.2, -0.15) is 0 Å². The number of carbonyl (C=O) groups is 2. The van der Waals surface area contributed by atoms with Gasteiger partial charge in [0.2, 0.25) is 0 Å². The number of carboxylic acids is 1. The molecule has 0 amide bonds. The molecule has 0 aromatic carbocycles. The normalized spacial score (nSPS) is 14.0. The van der Waals surface area contributed by atoms with Gasteiger partial charge in [0, 0.05) is 43.4 Å².